The van der Waals surface area contributed by atoms with Crippen LogP contribution in [0.15, 0.2) is 37.1 Å². The van der Waals surface area contributed by atoms with Crippen molar-refractivity contribution in [3.05, 3.63) is 48.5 Å². The normalized spacial score (nSPS) is 12.4. The Morgan fingerprint density at radius 3 is 2.30 bits per heavy atom. The smallest absolute Gasteiger partial charge is 0.344 e. The molecule has 0 bridgehead atoms. The maximum Gasteiger partial charge on any atom is 0.344 e. The number of ether oxygens (including phenoxy) is 2. The lowest BCUT2D eigenvalue weighted by molar-refractivity contribution is -0.703. The average Bonchev–Trinajstić information content (AvgIpc) is 2.94. The van der Waals surface area contributed by atoms with E-state index < -0.39 is 0 Å². The zero-order valence-electron chi connectivity index (χ0n) is 18.2. The number of nitrogens with two attached hydrogens (primary N) is 1. The highest BCUT2D eigenvalue weighted by atomic mass is 16.5. The van der Waals surface area contributed by atoms with Crippen LogP contribution in [-0.2, 0) is 16.0 Å². The molecule has 0 aromatic carbocycles. The first-order chi connectivity index (χ1) is 12.8. The zero-order valence-corrected chi connectivity index (χ0v) is 18.2. The number of nitrogens with zero attached hydrogens (tertiary/aromatic N) is 3. The van der Waals surface area contributed by atoms with Crippen molar-refractivity contribution in [1.82, 2.24) is 4.57 Å². The van der Waals surface area contributed by atoms with Crippen LogP contribution in [0.2, 0.25) is 0 Å². The molecule has 0 aliphatic rings. The first-order valence-electron chi connectivity index (χ1n) is 9.42. The van der Waals surface area contributed by atoms with Gasteiger partial charge < -0.3 is 15.2 Å². The molecule has 0 saturated carbocycles. The molecule has 1 aromatic rings. The molecule has 6 heteroatoms. The summed E-state index contributed by atoms with van der Waals surface area (Å²) in [7, 11) is 0. The summed E-state index contributed by atoms with van der Waals surface area (Å²) >= 11 is 0. The summed E-state index contributed by atoms with van der Waals surface area (Å²) in [6.45, 7) is 23.8. The summed E-state index contributed by atoms with van der Waals surface area (Å²) < 4.78 is 17.4. The fraction of sp³-hybridized carbons (Fsp3) is 0.524. The topological polar surface area (TPSA) is 56.3 Å². The highest BCUT2D eigenvalue weighted by Gasteiger charge is 2.14. The second-order valence-electron chi connectivity index (χ2n) is 5.87. The van der Waals surface area contributed by atoms with Crippen LogP contribution in [0.1, 0.15) is 46.0 Å². The van der Waals surface area contributed by atoms with Crippen molar-refractivity contribution < 1.29 is 18.6 Å². The second-order valence-corrected chi connectivity index (χ2v) is 5.87. The molecule has 0 radical (unpaired) electrons. The molecule has 0 amide bonds. The Kier molecular flexibility index (Phi) is 11.8. The standard InChI is InChI=1S/C19H32N4O2.C2H6/c1-8-21-14-22(18(6)17(21)5)10-11-24-12-13-25-19(7)23(9-2)16(4)15(3)20;1-2/h8-9,14H,1-2,10-13,20H2,3-7H3;1-2H3/q+2;/b16-15-,23-19?;. The van der Waals surface area contributed by atoms with E-state index >= 15 is 0 Å². The van der Waals surface area contributed by atoms with Gasteiger partial charge in [-0.05, 0) is 13.5 Å². The first kappa shape index (κ1) is 24.7. The number of allylic oxidation sites excluding steroid dienone is 2. The van der Waals surface area contributed by atoms with Gasteiger partial charge in [-0.2, -0.15) is 0 Å². The molecule has 0 fully saturated rings. The lowest BCUT2D eigenvalue weighted by Crippen LogP contribution is -2.37. The fourth-order valence-corrected chi connectivity index (χ4v) is 2.40. The molecule has 0 unspecified atom stereocenters. The molecule has 6 nitrogen and oxygen atoms in total. The molecule has 1 heterocycles. The Bertz CT molecular complexity index is 681. The number of aromatic nitrogens is 2. The van der Waals surface area contributed by atoms with E-state index in [4.69, 9.17) is 15.2 Å². The van der Waals surface area contributed by atoms with Gasteiger partial charge in [-0.25, -0.2) is 9.13 Å². The van der Waals surface area contributed by atoms with Gasteiger partial charge >= 0.3 is 5.90 Å². The van der Waals surface area contributed by atoms with Crippen LogP contribution < -0.4 is 10.3 Å². The fourth-order valence-electron chi connectivity index (χ4n) is 2.40. The lowest BCUT2D eigenvalue weighted by atomic mass is 10.3. The van der Waals surface area contributed by atoms with Crippen LogP contribution in [0.4, 0.5) is 0 Å². The van der Waals surface area contributed by atoms with Crippen LogP contribution in [0, 0.1) is 13.8 Å². The van der Waals surface area contributed by atoms with E-state index in [0.29, 0.717) is 19.8 Å². The number of imidazole rings is 1. The van der Waals surface area contributed by atoms with Gasteiger partial charge in [-0.1, -0.05) is 20.4 Å². The monoisotopic (exact) mass is 378 g/mol. The molecule has 0 atom stereocenters. The zero-order chi connectivity index (χ0) is 21.0. The molecule has 0 aliphatic heterocycles. The minimum atomic E-state index is 0.476. The third-order valence-electron chi connectivity index (χ3n) is 4.27. The van der Waals surface area contributed by atoms with Gasteiger partial charge in [0.05, 0.1) is 32.0 Å². The highest BCUT2D eigenvalue weighted by molar-refractivity contribution is 5.68. The van der Waals surface area contributed by atoms with Crippen LogP contribution in [0.3, 0.4) is 0 Å². The number of rotatable bonds is 9. The summed E-state index contributed by atoms with van der Waals surface area (Å²) in [5, 5.41) is 0. The largest absolute Gasteiger partial charge is 0.445 e. The van der Waals surface area contributed by atoms with Crippen molar-refractivity contribution in [1.29, 1.82) is 0 Å². The van der Waals surface area contributed by atoms with E-state index in [2.05, 4.69) is 31.6 Å². The van der Waals surface area contributed by atoms with Crippen molar-refractivity contribution >= 4 is 12.1 Å². The molecule has 152 valence electrons. The van der Waals surface area contributed by atoms with Crippen LogP contribution in [0.5, 0.6) is 0 Å². The predicted molar refractivity (Wildman–Crippen MR) is 112 cm³/mol. The molecule has 0 saturated heterocycles. The first-order valence-corrected chi connectivity index (χ1v) is 9.42. The van der Waals surface area contributed by atoms with E-state index in [-0.39, 0.29) is 0 Å². The molecule has 1 aromatic heterocycles. The van der Waals surface area contributed by atoms with Crippen molar-refractivity contribution in [2.45, 2.75) is 55.0 Å². The molecule has 1 rings (SSSR count). The minimum Gasteiger partial charge on any atom is -0.445 e. The van der Waals surface area contributed by atoms with Gasteiger partial charge in [-0.3, -0.25) is 0 Å². The predicted octanol–water partition coefficient (Wildman–Crippen LogP) is 3.34. The van der Waals surface area contributed by atoms with Crippen LogP contribution in [0.25, 0.3) is 6.20 Å². The molecular weight excluding hydrogens is 340 g/mol. The van der Waals surface area contributed by atoms with E-state index in [1.54, 1.807) is 12.4 Å². The molecule has 27 heavy (non-hydrogen) atoms. The second kappa shape index (κ2) is 12.9. The Hall–Kier alpha value is -2.34. The molecule has 2 N–H and O–H groups in total. The third-order valence-corrected chi connectivity index (χ3v) is 4.27. The van der Waals surface area contributed by atoms with Gasteiger partial charge in [0.2, 0.25) is 12.0 Å². The van der Waals surface area contributed by atoms with E-state index in [0.717, 1.165) is 23.8 Å². The number of hydrogen-bond donors (Lipinski definition) is 1. The number of hydrogen-bond acceptors (Lipinski definition) is 3. The maximum absolute atomic E-state index is 5.82. The average molecular weight is 379 g/mol. The lowest BCUT2D eigenvalue weighted by Gasteiger charge is -2.07. The van der Waals surface area contributed by atoms with E-state index in [1.807, 2.05) is 50.1 Å². The van der Waals surface area contributed by atoms with Gasteiger partial charge in [0.15, 0.2) is 6.20 Å². The van der Waals surface area contributed by atoms with Gasteiger partial charge in [0.25, 0.3) is 0 Å². The Morgan fingerprint density at radius 2 is 1.81 bits per heavy atom. The summed E-state index contributed by atoms with van der Waals surface area (Å²) in [5.41, 5.74) is 9.86. The summed E-state index contributed by atoms with van der Waals surface area (Å²) in [4.78, 5) is 0. The van der Waals surface area contributed by atoms with E-state index in [1.165, 1.54) is 11.4 Å². The SMILES string of the molecule is C=Cn1c[n+](CCOCCOC(C)=[N+](C=C)/C(C)=C(/C)N)c(C)c1C.CC. The van der Waals surface area contributed by atoms with Crippen molar-refractivity contribution in [2.24, 2.45) is 5.73 Å². The van der Waals surface area contributed by atoms with Crippen LogP contribution in [-0.4, -0.2) is 34.9 Å². The van der Waals surface area contributed by atoms with Crippen molar-refractivity contribution in [3.63, 3.8) is 0 Å². The molecule has 0 aliphatic carbocycles. The Morgan fingerprint density at radius 1 is 1.19 bits per heavy atom. The third kappa shape index (κ3) is 7.43. The summed E-state index contributed by atoms with van der Waals surface area (Å²) in [5.74, 6) is 0.727. The van der Waals surface area contributed by atoms with Crippen LogP contribution >= 0.6 is 0 Å². The van der Waals surface area contributed by atoms with Gasteiger partial charge in [0, 0.05) is 20.8 Å². The Labute approximate surface area is 164 Å². The quantitative estimate of drug-likeness (QED) is 0.310. The Balaban J connectivity index is 0.00000326. The molecule has 0 spiro atoms. The minimum absolute atomic E-state index is 0.476. The van der Waals surface area contributed by atoms with Gasteiger partial charge in [0.1, 0.15) is 24.5 Å². The summed E-state index contributed by atoms with van der Waals surface area (Å²) in [6, 6.07) is 0. The molecular formula is C21H38N4O2+2. The van der Waals surface area contributed by atoms with Crippen molar-refractivity contribution in [2.75, 3.05) is 19.8 Å². The van der Waals surface area contributed by atoms with Gasteiger partial charge in [-0.15, -0.1) is 4.58 Å². The maximum atomic E-state index is 5.82. The highest BCUT2D eigenvalue weighted by Crippen LogP contribution is 2.03. The van der Waals surface area contributed by atoms with E-state index in [9.17, 15) is 0 Å². The van der Waals surface area contributed by atoms with Crippen molar-refractivity contribution in [3.8, 4) is 0 Å². The summed E-state index contributed by atoms with van der Waals surface area (Å²) in [6.07, 6.45) is 5.52.